The maximum Gasteiger partial charge on any atom is 0.250 e. The van der Waals surface area contributed by atoms with Gasteiger partial charge in [0.2, 0.25) is 15.0 Å². The Morgan fingerprint density at radius 1 is 1.25 bits per heavy atom. The van der Waals surface area contributed by atoms with Crippen LogP contribution in [-0.2, 0) is 21.2 Å². The molecule has 0 aliphatic heterocycles. The van der Waals surface area contributed by atoms with Gasteiger partial charge in [-0.3, -0.25) is 4.79 Å². The van der Waals surface area contributed by atoms with Crippen LogP contribution < -0.4 is 5.73 Å². The zero-order valence-corrected chi connectivity index (χ0v) is 16.4. The molecule has 0 amide bonds. The molecule has 0 aliphatic rings. The highest BCUT2D eigenvalue weighted by molar-refractivity contribution is 7.92. The molecule has 0 fully saturated rings. The number of carbonyl (C=O) groups excluding carboxylic acids is 1. The quantitative estimate of drug-likeness (QED) is 0.762. The molecule has 0 aliphatic carbocycles. The molecule has 1 aromatic rings. The monoisotopic (exact) mass is 358 g/mol. The molecule has 138 valence electrons. The predicted octanol–water partition coefficient (Wildman–Crippen LogP) is 2.12. The summed E-state index contributed by atoms with van der Waals surface area (Å²) in [6.07, 6.45) is 1.55. The van der Waals surface area contributed by atoms with Gasteiger partial charge < -0.3 is 10.3 Å². The lowest BCUT2D eigenvalue weighted by Gasteiger charge is -2.18. The van der Waals surface area contributed by atoms with Gasteiger partial charge in [0.15, 0.2) is 11.6 Å². The second-order valence-electron chi connectivity index (χ2n) is 7.67. The van der Waals surface area contributed by atoms with Gasteiger partial charge >= 0.3 is 0 Å². The average Bonchev–Trinajstić information content (AvgIpc) is 2.81. The van der Waals surface area contributed by atoms with Gasteiger partial charge in [0, 0.05) is 12.0 Å². The largest absolute Gasteiger partial charge is 0.321 e. The van der Waals surface area contributed by atoms with E-state index in [4.69, 9.17) is 5.73 Å². The summed E-state index contributed by atoms with van der Waals surface area (Å²) in [5, 5.41) is 7.74. The van der Waals surface area contributed by atoms with Gasteiger partial charge in [-0.05, 0) is 12.3 Å². The lowest BCUT2D eigenvalue weighted by Crippen LogP contribution is -2.30. The van der Waals surface area contributed by atoms with Gasteiger partial charge in [0.05, 0.1) is 6.04 Å². The molecule has 8 heteroatoms. The molecule has 0 saturated carbocycles. The molecule has 1 atom stereocenters. The number of hydrogen-bond donors (Lipinski definition) is 1. The summed E-state index contributed by atoms with van der Waals surface area (Å²) in [7, 11) is -3.86. The third-order valence-corrected chi connectivity index (χ3v) is 5.16. The summed E-state index contributed by atoms with van der Waals surface area (Å²) >= 11 is 0. The Hall–Kier alpha value is -1.28. The van der Waals surface area contributed by atoms with Crippen LogP contribution >= 0.6 is 0 Å². The Morgan fingerprint density at radius 2 is 1.83 bits per heavy atom. The van der Waals surface area contributed by atoms with Crippen LogP contribution in [0.25, 0.3) is 0 Å². The lowest BCUT2D eigenvalue weighted by molar-refractivity contribution is -0.123. The summed E-state index contributed by atoms with van der Waals surface area (Å²) in [6.45, 7) is 11.5. The fourth-order valence-electron chi connectivity index (χ4n) is 2.23. The highest BCUT2D eigenvalue weighted by Crippen LogP contribution is 2.22. The number of nitrogens with zero attached hydrogens (tertiary/aromatic N) is 3. The molecule has 2 N–H and O–H groups in total. The van der Waals surface area contributed by atoms with Gasteiger partial charge in [-0.2, -0.15) is 0 Å². The normalized spacial score (nSPS) is 14.2. The van der Waals surface area contributed by atoms with Crippen LogP contribution in [0.15, 0.2) is 5.16 Å². The van der Waals surface area contributed by atoms with Gasteiger partial charge in [-0.25, -0.2) is 8.42 Å². The van der Waals surface area contributed by atoms with Crippen molar-refractivity contribution in [1.29, 1.82) is 0 Å². The molecule has 0 saturated heterocycles. The lowest BCUT2D eigenvalue weighted by atomic mass is 9.92. The van der Waals surface area contributed by atoms with E-state index in [-0.39, 0.29) is 22.9 Å². The number of rotatable bonds is 8. The Balaban J connectivity index is 3.29. The average molecular weight is 359 g/mol. The van der Waals surface area contributed by atoms with E-state index in [9.17, 15) is 13.2 Å². The maximum atomic E-state index is 12.7. The number of carbonyl (C=O) groups is 1. The zero-order chi connectivity index (χ0) is 18.7. The van der Waals surface area contributed by atoms with Crippen molar-refractivity contribution in [1.82, 2.24) is 14.8 Å². The Labute approximate surface area is 144 Å². The molecular weight excluding hydrogens is 328 g/mol. The first-order valence-corrected chi connectivity index (χ1v) is 10.00. The molecule has 0 aromatic carbocycles. The summed E-state index contributed by atoms with van der Waals surface area (Å²) in [5.41, 5.74) is 5.40. The van der Waals surface area contributed by atoms with E-state index in [2.05, 4.69) is 10.2 Å². The van der Waals surface area contributed by atoms with Crippen LogP contribution in [0.4, 0.5) is 0 Å². The van der Waals surface area contributed by atoms with Gasteiger partial charge in [0.25, 0.3) is 0 Å². The molecule has 1 unspecified atom stereocenters. The second kappa shape index (κ2) is 7.74. The minimum atomic E-state index is -3.86. The Bertz CT molecular complexity index is 672. The van der Waals surface area contributed by atoms with Crippen LogP contribution in [0.5, 0.6) is 0 Å². The molecule has 1 heterocycles. The van der Waals surface area contributed by atoms with Crippen molar-refractivity contribution >= 4 is 15.6 Å². The van der Waals surface area contributed by atoms with Crippen molar-refractivity contribution in [2.75, 3.05) is 5.75 Å². The van der Waals surface area contributed by atoms with Crippen molar-refractivity contribution in [2.45, 2.75) is 72.1 Å². The SMILES string of the molecule is CCCC(N)c1nnc(S(=O)(=O)CC(=O)C(C)(C)C)n1CC(C)C. The standard InChI is InChI=1S/C16H30N4O3S/c1-7-8-12(17)14-18-19-15(20(14)9-11(2)3)24(22,23)10-13(21)16(4,5)6/h11-12H,7-10,17H2,1-6H3. The molecule has 7 nitrogen and oxygen atoms in total. The number of nitrogens with two attached hydrogens (primary N) is 1. The molecule has 24 heavy (non-hydrogen) atoms. The number of aromatic nitrogens is 3. The number of ketones is 1. The van der Waals surface area contributed by atoms with E-state index in [1.54, 1.807) is 25.3 Å². The summed E-state index contributed by atoms with van der Waals surface area (Å²) in [5.74, 6) is -0.260. The van der Waals surface area contributed by atoms with Crippen molar-refractivity contribution in [3.63, 3.8) is 0 Å². The molecule has 0 spiro atoms. The predicted molar refractivity (Wildman–Crippen MR) is 93.2 cm³/mol. The van der Waals surface area contributed by atoms with E-state index in [0.29, 0.717) is 18.8 Å². The topological polar surface area (TPSA) is 108 Å². The molecule has 0 bridgehead atoms. The summed E-state index contributed by atoms with van der Waals surface area (Å²) in [6, 6.07) is -0.372. The van der Waals surface area contributed by atoms with Crippen molar-refractivity contribution < 1.29 is 13.2 Å². The highest BCUT2D eigenvalue weighted by atomic mass is 32.2. The zero-order valence-electron chi connectivity index (χ0n) is 15.5. The third-order valence-electron chi connectivity index (χ3n) is 3.66. The van der Waals surface area contributed by atoms with Crippen molar-refractivity contribution in [3.8, 4) is 0 Å². The smallest absolute Gasteiger partial charge is 0.250 e. The number of sulfone groups is 1. The first-order valence-electron chi connectivity index (χ1n) is 8.34. The molecular formula is C16H30N4O3S. The molecule has 0 radical (unpaired) electrons. The first-order chi connectivity index (χ1) is 10.9. The Kier molecular flexibility index (Phi) is 6.69. The van der Waals surface area contributed by atoms with Crippen LogP contribution in [0.3, 0.4) is 0 Å². The summed E-state index contributed by atoms with van der Waals surface area (Å²) < 4.78 is 27.0. The van der Waals surface area contributed by atoms with Crippen LogP contribution in [0, 0.1) is 11.3 Å². The van der Waals surface area contributed by atoms with Crippen LogP contribution in [0.2, 0.25) is 0 Å². The molecule has 1 aromatic heterocycles. The van der Waals surface area contributed by atoms with E-state index in [0.717, 1.165) is 6.42 Å². The van der Waals surface area contributed by atoms with E-state index >= 15 is 0 Å². The Morgan fingerprint density at radius 3 is 2.29 bits per heavy atom. The number of Topliss-reactive ketones (excluding diaryl/α,β-unsaturated/α-hetero) is 1. The van der Waals surface area contributed by atoms with E-state index in [1.807, 2.05) is 20.8 Å². The van der Waals surface area contributed by atoms with Crippen LogP contribution in [-0.4, -0.2) is 34.7 Å². The fourth-order valence-corrected chi connectivity index (χ4v) is 3.81. The van der Waals surface area contributed by atoms with E-state index < -0.39 is 21.0 Å². The van der Waals surface area contributed by atoms with Crippen LogP contribution in [0.1, 0.15) is 66.3 Å². The second-order valence-corrected chi connectivity index (χ2v) is 9.56. The van der Waals surface area contributed by atoms with Crippen molar-refractivity contribution in [2.24, 2.45) is 17.1 Å². The fraction of sp³-hybridized carbons (Fsp3) is 0.812. The molecule has 1 rings (SSSR count). The highest BCUT2D eigenvalue weighted by Gasteiger charge is 2.33. The third kappa shape index (κ3) is 5.11. The van der Waals surface area contributed by atoms with E-state index in [1.165, 1.54) is 0 Å². The van der Waals surface area contributed by atoms with Gasteiger partial charge in [-0.1, -0.05) is 48.0 Å². The van der Waals surface area contributed by atoms with Crippen molar-refractivity contribution in [3.05, 3.63) is 5.82 Å². The summed E-state index contributed by atoms with van der Waals surface area (Å²) in [4.78, 5) is 12.2. The van der Waals surface area contributed by atoms with Gasteiger partial charge in [0.1, 0.15) is 5.75 Å². The minimum Gasteiger partial charge on any atom is -0.321 e. The minimum absolute atomic E-state index is 0.157. The number of hydrogen-bond acceptors (Lipinski definition) is 6. The first kappa shape index (κ1) is 20.8. The maximum absolute atomic E-state index is 12.7. The van der Waals surface area contributed by atoms with Gasteiger partial charge in [-0.15, -0.1) is 10.2 Å².